The minimum Gasteiger partial charge on any atom is -0.373 e. The second-order valence-electron chi connectivity index (χ2n) is 7.23. The zero-order valence-corrected chi connectivity index (χ0v) is 18.5. The number of morpholine rings is 1. The Balaban J connectivity index is 0.00000280. The minimum absolute atomic E-state index is 0. The van der Waals surface area contributed by atoms with Crippen LogP contribution in [0.5, 0.6) is 0 Å². The maximum atomic E-state index is 12.7. The number of hydrogen-bond acceptors (Lipinski definition) is 3. The molecule has 0 aromatic heterocycles. The molecule has 1 N–H and O–H groups in total. The molecule has 2 aliphatic rings. The van der Waals surface area contributed by atoms with Crippen molar-refractivity contribution in [3.63, 3.8) is 0 Å². The number of aliphatic imine (C=N–C) groups is 1. The molecule has 28 heavy (non-hydrogen) atoms. The van der Waals surface area contributed by atoms with E-state index in [1.165, 1.54) is 25.0 Å². The van der Waals surface area contributed by atoms with E-state index in [0.29, 0.717) is 25.1 Å². The molecule has 3 rings (SSSR count). The Kier molecular flexibility index (Phi) is 8.38. The lowest BCUT2D eigenvalue weighted by molar-refractivity contribution is -0.137. The first-order chi connectivity index (χ1) is 12.9. The fourth-order valence-corrected chi connectivity index (χ4v) is 3.75. The monoisotopic (exact) mass is 512 g/mol. The number of hydrogen-bond donors (Lipinski definition) is 1. The molecule has 0 bridgehead atoms. The fraction of sp³-hybridized carbons (Fsp3) is 0.632. The maximum Gasteiger partial charge on any atom is 0.416 e. The second kappa shape index (κ2) is 10.1. The van der Waals surface area contributed by atoms with Crippen molar-refractivity contribution >= 4 is 29.9 Å². The lowest BCUT2D eigenvalue weighted by atomic mass is 10.1. The molecule has 0 amide bonds. The van der Waals surface area contributed by atoms with Gasteiger partial charge >= 0.3 is 6.18 Å². The van der Waals surface area contributed by atoms with Crippen molar-refractivity contribution in [2.24, 2.45) is 4.99 Å². The summed E-state index contributed by atoms with van der Waals surface area (Å²) in [7, 11) is 3.56. The molecule has 0 radical (unpaired) electrons. The number of guanidine groups is 1. The molecule has 5 nitrogen and oxygen atoms in total. The summed E-state index contributed by atoms with van der Waals surface area (Å²) in [4.78, 5) is 8.66. The first-order valence-corrected chi connectivity index (χ1v) is 9.30. The number of ether oxygens (including phenoxy) is 1. The van der Waals surface area contributed by atoms with Gasteiger partial charge in [-0.05, 0) is 37.1 Å². The third kappa shape index (κ3) is 5.96. The summed E-state index contributed by atoms with van der Waals surface area (Å²) in [5.74, 6) is 0.696. The second-order valence-corrected chi connectivity index (χ2v) is 7.23. The van der Waals surface area contributed by atoms with Crippen molar-refractivity contribution in [2.75, 3.05) is 40.3 Å². The van der Waals surface area contributed by atoms with Crippen LogP contribution in [0, 0.1) is 0 Å². The summed E-state index contributed by atoms with van der Waals surface area (Å²) in [6.07, 6.45) is -1.73. The first kappa shape index (κ1) is 23.2. The van der Waals surface area contributed by atoms with Crippen molar-refractivity contribution < 1.29 is 17.9 Å². The predicted octanol–water partition coefficient (Wildman–Crippen LogP) is 3.19. The topological polar surface area (TPSA) is 40.1 Å². The highest BCUT2D eigenvalue weighted by molar-refractivity contribution is 14.0. The van der Waals surface area contributed by atoms with Crippen LogP contribution < -0.4 is 5.32 Å². The van der Waals surface area contributed by atoms with Gasteiger partial charge in [0.15, 0.2) is 5.96 Å². The number of benzene rings is 1. The van der Waals surface area contributed by atoms with Gasteiger partial charge in [-0.1, -0.05) is 12.1 Å². The smallest absolute Gasteiger partial charge is 0.373 e. The summed E-state index contributed by atoms with van der Waals surface area (Å²) in [6, 6.07) is 5.81. The van der Waals surface area contributed by atoms with E-state index in [1.54, 1.807) is 7.05 Å². The van der Waals surface area contributed by atoms with Crippen molar-refractivity contribution in [3.8, 4) is 0 Å². The van der Waals surface area contributed by atoms with Crippen molar-refractivity contribution in [1.29, 1.82) is 0 Å². The molecular formula is C19H28F3IN4O. The van der Waals surface area contributed by atoms with Crippen LogP contribution in [0.3, 0.4) is 0 Å². The molecule has 0 aliphatic carbocycles. The third-order valence-electron chi connectivity index (χ3n) is 5.22. The molecule has 2 fully saturated rings. The van der Waals surface area contributed by atoms with Crippen molar-refractivity contribution in [2.45, 2.75) is 37.7 Å². The van der Waals surface area contributed by atoms with Gasteiger partial charge in [-0.2, -0.15) is 13.2 Å². The number of alkyl halides is 3. The van der Waals surface area contributed by atoms with E-state index in [-0.39, 0.29) is 30.1 Å². The van der Waals surface area contributed by atoms with Gasteiger partial charge in [0.25, 0.3) is 0 Å². The van der Waals surface area contributed by atoms with E-state index in [9.17, 15) is 13.2 Å². The molecule has 1 aromatic carbocycles. The Labute approximate surface area is 181 Å². The minimum atomic E-state index is -4.31. The standard InChI is InChI=1S/C19H27F3N4O.HI/c1-23-18(24-10-17-12-26-9-3-4-16(26)13-27-17)25(2)11-14-5-7-15(8-6-14)19(20,21)22;/h5-8,16-17H,3-4,9-13H2,1-2H3,(H,23,24);1H. The van der Waals surface area contributed by atoms with Gasteiger partial charge < -0.3 is 15.0 Å². The number of fused-ring (bicyclic) bond motifs is 1. The quantitative estimate of drug-likeness (QED) is 0.383. The van der Waals surface area contributed by atoms with E-state index in [4.69, 9.17) is 4.74 Å². The molecule has 1 aromatic rings. The van der Waals surface area contributed by atoms with E-state index in [2.05, 4.69) is 15.2 Å². The lowest BCUT2D eigenvalue weighted by Crippen LogP contribution is -2.51. The van der Waals surface area contributed by atoms with E-state index in [0.717, 1.165) is 37.4 Å². The molecule has 9 heteroatoms. The first-order valence-electron chi connectivity index (χ1n) is 9.30. The van der Waals surface area contributed by atoms with Crippen LogP contribution in [0.25, 0.3) is 0 Å². The van der Waals surface area contributed by atoms with Crippen LogP contribution in [0.4, 0.5) is 13.2 Å². The van der Waals surface area contributed by atoms with Gasteiger partial charge in [-0.3, -0.25) is 9.89 Å². The molecule has 2 atom stereocenters. The Hall–Kier alpha value is -1.07. The average molecular weight is 512 g/mol. The van der Waals surface area contributed by atoms with Crippen LogP contribution in [-0.2, 0) is 17.5 Å². The highest BCUT2D eigenvalue weighted by Gasteiger charge is 2.32. The summed E-state index contributed by atoms with van der Waals surface area (Å²) < 4.78 is 44.0. The van der Waals surface area contributed by atoms with E-state index in [1.807, 2.05) is 11.9 Å². The molecule has 2 saturated heterocycles. The highest BCUT2D eigenvalue weighted by atomic mass is 127. The molecule has 2 aliphatic heterocycles. The Morgan fingerprint density at radius 3 is 2.68 bits per heavy atom. The van der Waals surface area contributed by atoms with Crippen molar-refractivity contribution in [1.82, 2.24) is 15.1 Å². The normalized spacial score (nSPS) is 23.1. The Bertz CT molecular complexity index is 654. The number of nitrogens with one attached hydrogen (secondary N) is 1. The average Bonchev–Trinajstić information content (AvgIpc) is 3.09. The fourth-order valence-electron chi connectivity index (χ4n) is 3.75. The molecule has 2 unspecified atom stereocenters. The van der Waals surface area contributed by atoms with Gasteiger partial charge in [0.05, 0.1) is 18.3 Å². The highest BCUT2D eigenvalue weighted by Crippen LogP contribution is 2.29. The largest absolute Gasteiger partial charge is 0.416 e. The van der Waals surface area contributed by atoms with E-state index >= 15 is 0 Å². The summed E-state index contributed by atoms with van der Waals surface area (Å²) in [6.45, 7) is 3.99. The number of nitrogens with zero attached hydrogens (tertiary/aromatic N) is 3. The third-order valence-corrected chi connectivity index (χ3v) is 5.22. The van der Waals surface area contributed by atoms with Gasteiger partial charge in [0.2, 0.25) is 0 Å². The van der Waals surface area contributed by atoms with Crippen LogP contribution in [0.15, 0.2) is 29.3 Å². The zero-order chi connectivity index (χ0) is 19.4. The van der Waals surface area contributed by atoms with Crippen molar-refractivity contribution in [3.05, 3.63) is 35.4 Å². The summed E-state index contributed by atoms with van der Waals surface area (Å²) in [5.41, 5.74) is 0.161. The zero-order valence-electron chi connectivity index (χ0n) is 16.2. The van der Waals surface area contributed by atoms with Crippen LogP contribution in [-0.4, -0.2) is 68.2 Å². The summed E-state index contributed by atoms with van der Waals surface area (Å²) in [5, 5.41) is 3.32. The molecular weight excluding hydrogens is 484 g/mol. The Morgan fingerprint density at radius 2 is 2.04 bits per heavy atom. The van der Waals surface area contributed by atoms with Crippen LogP contribution in [0.1, 0.15) is 24.0 Å². The van der Waals surface area contributed by atoms with Gasteiger partial charge in [-0.15, -0.1) is 24.0 Å². The Morgan fingerprint density at radius 1 is 1.32 bits per heavy atom. The number of halogens is 4. The molecule has 2 heterocycles. The maximum absolute atomic E-state index is 12.7. The SMILES string of the molecule is CN=C(NCC1CN2CCCC2CO1)N(C)Cc1ccc(C(F)(F)F)cc1.I. The predicted molar refractivity (Wildman–Crippen MR) is 114 cm³/mol. The molecule has 0 spiro atoms. The molecule has 158 valence electrons. The van der Waals surface area contributed by atoms with E-state index < -0.39 is 11.7 Å². The molecule has 0 saturated carbocycles. The van der Waals surface area contributed by atoms with Gasteiger partial charge in [0.1, 0.15) is 0 Å². The van der Waals surface area contributed by atoms with Crippen LogP contribution >= 0.6 is 24.0 Å². The van der Waals surface area contributed by atoms with Gasteiger partial charge in [0, 0.05) is 39.8 Å². The van der Waals surface area contributed by atoms with Crippen LogP contribution in [0.2, 0.25) is 0 Å². The summed E-state index contributed by atoms with van der Waals surface area (Å²) >= 11 is 0. The number of rotatable bonds is 4. The van der Waals surface area contributed by atoms with Gasteiger partial charge in [-0.25, -0.2) is 0 Å². The lowest BCUT2D eigenvalue weighted by Gasteiger charge is -2.35.